The number of rotatable bonds is 9. The van der Waals surface area contributed by atoms with Gasteiger partial charge in [0.2, 0.25) is 0 Å². The Balaban J connectivity index is 1.11. The second-order valence-electron chi connectivity index (χ2n) is 15.7. The molecule has 0 heterocycles. The van der Waals surface area contributed by atoms with Crippen molar-refractivity contribution in [2.45, 2.75) is 58.3 Å². The lowest BCUT2D eigenvalue weighted by Crippen LogP contribution is -2.23. The zero-order valence-electron chi connectivity index (χ0n) is 32.2. The van der Waals surface area contributed by atoms with Gasteiger partial charge in [0.15, 0.2) is 0 Å². The second-order valence-corrected chi connectivity index (χ2v) is 15.7. The van der Waals surface area contributed by atoms with Crippen LogP contribution in [0.5, 0.6) is 0 Å². The number of hydrogen-bond acceptors (Lipinski definition) is 1. The van der Waals surface area contributed by atoms with E-state index >= 15 is 0 Å². The van der Waals surface area contributed by atoms with Gasteiger partial charge in [-0.25, -0.2) is 0 Å². The molecule has 7 aromatic rings. The third kappa shape index (κ3) is 6.49. The van der Waals surface area contributed by atoms with Crippen molar-refractivity contribution in [2.24, 2.45) is 0 Å². The molecule has 54 heavy (non-hydrogen) atoms. The molecular weight excluding hydrogens is 651 g/mol. The fourth-order valence-corrected chi connectivity index (χ4v) is 8.57. The molecule has 0 fully saturated rings. The van der Waals surface area contributed by atoms with Gasteiger partial charge in [0.05, 0.1) is 0 Å². The lowest BCUT2D eigenvalue weighted by atomic mass is 9.73. The van der Waals surface area contributed by atoms with Crippen molar-refractivity contribution in [3.05, 3.63) is 198 Å². The van der Waals surface area contributed by atoms with E-state index in [0.717, 1.165) is 24.2 Å². The molecule has 0 amide bonds. The molecule has 1 heteroatoms. The maximum absolute atomic E-state index is 2.46. The highest BCUT2D eigenvalue weighted by Gasteiger charge is 2.41. The van der Waals surface area contributed by atoms with Crippen molar-refractivity contribution >= 4 is 29.2 Å². The average Bonchev–Trinajstić information content (AvgIpc) is 3.49. The smallest absolute Gasteiger partial charge is 0.0465 e. The largest absolute Gasteiger partial charge is 0.310 e. The minimum absolute atomic E-state index is 0.0350. The average molecular weight is 700 g/mol. The Morgan fingerprint density at radius 3 is 1.56 bits per heavy atom. The summed E-state index contributed by atoms with van der Waals surface area (Å²) in [6.07, 6.45) is 6.62. The summed E-state index contributed by atoms with van der Waals surface area (Å²) < 4.78 is 0. The lowest BCUT2D eigenvalue weighted by Gasteiger charge is -2.32. The molecule has 0 saturated carbocycles. The first-order valence-corrected chi connectivity index (χ1v) is 19.5. The lowest BCUT2D eigenvalue weighted by molar-refractivity contribution is 0.490. The molecule has 0 radical (unpaired) electrons. The van der Waals surface area contributed by atoms with Crippen molar-refractivity contribution in [1.82, 2.24) is 0 Å². The molecule has 8 rings (SSSR count). The van der Waals surface area contributed by atoms with Gasteiger partial charge in [-0.2, -0.15) is 0 Å². The molecule has 0 atom stereocenters. The molecule has 1 nitrogen and oxygen atoms in total. The van der Waals surface area contributed by atoms with Crippen LogP contribution in [0.4, 0.5) is 17.1 Å². The topological polar surface area (TPSA) is 3.24 Å². The first kappa shape index (κ1) is 35.1. The van der Waals surface area contributed by atoms with E-state index in [4.69, 9.17) is 0 Å². The fourth-order valence-electron chi connectivity index (χ4n) is 8.57. The third-order valence-corrected chi connectivity index (χ3v) is 11.5. The van der Waals surface area contributed by atoms with Crippen LogP contribution >= 0.6 is 0 Å². The van der Waals surface area contributed by atoms with Gasteiger partial charge in [-0.1, -0.05) is 174 Å². The quantitative estimate of drug-likeness (QED) is 0.136. The van der Waals surface area contributed by atoms with Crippen LogP contribution in [0.1, 0.15) is 75.3 Å². The predicted octanol–water partition coefficient (Wildman–Crippen LogP) is 15.0. The molecule has 0 saturated heterocycles. The minimum Gasteiger partial charge on any atom is -0.310 e. The summed E-state index contributed by atoms with van der Waals surface area (Å²) in [6, 6.07) is 62.3. The van der Waals surface area contributed by atoms with Gasteiger partial charge in [0.25, 0.3) is 0 Å². The van der Waals surface area contributed by atoms with E-state index in [1.54, 1.807) is 0 Å². The normalized spacial score (nSPS) is 13.1. The van der Waals surface area contributed by atoms with E-state index in [-0.39, 0.29) is 10.8 Å². The maximum atomic E-state index is 2.46. The molecule has 1 aliphatic rings. The zero-order valence-corrected chi connectivity index (χ0v) is 32.2. The van der Waals surface area contributed by atoms with Crippen LogP contribution in [0.15, 0.2) is 170 Å². The molecule has 0 aromatic heterocycles. The van der Waals surface area contributed by atoms with E-state index in [0.29, 0.717) is 0 Å². The fraction of sp³-hybridized carbons (Fsp3) is 0.170. The third-order valence-electron chi connectivity index (χ3n) is 11.5. The summed E-state index contributed by atoms with van der Waals surface area (Å²) >= 11 is 0. The molecule has 0 unspecified atom stereocenters. The molecule has 266 valence electrons. The number of hydrogen-bond donors (Lipinski definition) is 0. The number of benzene rings is 7. The summed E-state index contributed by atoms with van der Waals surface area (Å²) in [6.45, 7) is 11.6. The Labute approximate surface area is 322 Å². The zero-order chi connectivity index (χ0) is 37.3. The summed E-state index contributed by atoms with van der Waals surface area (Å²) in [5.74, 6) is 0. The summed E-state index contributed by atoms with van der Waals surface area (Å²) in [4.78, 5) is 2.38. The highest BCUT2D eigenvalue weighted by Crippen LogP contribution is 2.54. The van der Waals surface area contributed by atoms with Gasteiger partial charge >= 0.3 is 0 Å². The molecule has 0 spiro atoms. The Morgan fingerprint density at radius 2 is 0.963 bits per heavy atom. The predicted molar refractivity (Wildman–Crippen MR) is 233 cm³/mol. The number of nitrogens with zero attached hydrogens (tertiary/aromatic N) is 1. The van der Waals surface area contributed by atoms with E-state index in [1.807, 2.05) is 0 Å². The van der Waals surface area contributed by atoms with Crippen molar-refractivity contribution in [1.29, 1.82) is 0 Å². The van der Waals surface area contributed by atoms with E-state index in [9.17, 15) is 0 Å². The number of anilines is 3. The SMILES string of the molecule is CCC1(CC)c2cc(/C=C/c3ccc(-c4cc(-c5ccccc5)ccc4C(C)(C)C)cc3)ccc2-c2ccc(N(c3ccccc3)c3ccccc3)cc21. The second kappa shape index (κ2) is 14.5. The molecule has 0 aliphatic heterocycles. The van der Waals surface area contributed by atoms with Crippen molar-refractivity contribution in [3.8, 4) is 33.4 Å². The Morgan fingerprint density at radius 1 is 0.444 bits per heavy atom. The molecule has 0 N–H and O–H groups in total. The van der Waals surface area contributed by atoms with Crippen molar-refractivity contribution in [2.75, 3.05) is 4.90 Å². The van der Waals surface area contributed by atoms with Crippen LogP contribution in [0.2, 0.25) is 0 Å². The minimum atomic E-state index is -0.0513. The molecular formula is C53H49N. The van der Waals surface area contributed by atoms with Crippen molar-refractivity contribution < 1.29 is 0 Å². The number of para-hydroxylation sites is 2. The highest BCUT2D eigenvalue weighted by molar-refractivity contribution is 5.87. The first-order chi connectivity index (χ1) is 26.3. The Kier molecular flexibility index (Phi) is 9.42. The molecule has 7 aromatic carbocycles. The molecule has 1 aliphatic carbocycles. The van der Waals surface area contributed by atoms with Gasteiger partial charge in [0.1, 0.15) is 0 Å². The first-order valence-electron chi connectivity index (χ1n) is 19.5. The Hall–Kier alpha value is -5.92. The van der Waals surface area contributed by atoms with Gasteiger partial charge < -0.3 is 4.90 Å². The standard InChI is InChI=1S/C53H49N/c1-6-53(7-2)50-35-39(24-23-38-25-28-41(29-26-38)48-36-42(40-17-11-8-12-18-40)30-34-49(48)52(3,4)5)27-32-46(50)47-33-31-45(37-51(47)53)54(43-19-13-9-14-20-43)44-21-15-10-16-22-44/h8-37H,6-7H2,1-5H3/b24-23+. The summed E-state index contributed by atoms with van der Waals surface area (Å²) in [5.41, 5.74) is 17.9. The highest BCUT2D eigenvalue weighted by atomic mass is 15.1. The van der Waals surface area contributed by atoms with Gasteiger partial charge in [0, 0.05) is 22.5 Å². The van der Waals surface area contributed by atoms with Crippen molar-refractivity contribution in [3.63, 3.8) is 0 Å². The van der Waals surface area contributed by atoms with Crippen LogP contribution in [0, 0.1) is 0 Å². The van der Waals surface area contributed by atoms with E-state index in [2.05, 4.69) is 222 Å². The Bertz CT molecular complexity index is 2370. The summed E-state index contributed by atoms with van der Waals surface area (Å²) in [5, 5.41) is 0. The van der Waals surface area contributed by atoms with E-state index in [1.165, 1.54) is 66.9 Å². The van der Waals surface area contributed by atoms with Gasteiger partial charge in [-0.3, -0.25) is 0 Å². The van der Waals surface area contributed by atoms with Crippen LogP contribution < -0.4 is 4.90 Å². The van der Waals surface area contributed by atoms with E-state index < -0.39 is 0 Å². The van der Waals surface area contributed by atoms with Crippen LogP contribution in [-0.4, -0.2) is 0 Å². The van der Waals surface area contributed by atoms with Crippen LogP contribution in [0.3, 0.4) is 0 Å². The molecule has 0 bridgehead atoms. The van der Waals surface area contributed by atoms with Gasteiger partial charge in [-0.15, -0.1) is 0 Å². The van der Waals surface area contributed by atoms with Gasteiger partial charge in [-0.05, 0) is 122 Å². The van der Waals surface area contributed by atoms with Crippen LogP contribution in [-0.2, 0) is 10.8 Å². The monoisotopic (exact) mass is 699 g/mol. The maximum Gasteiger partial charge on any atom is 0.0465 e. The summed E-state index contributed by atoms with van der Waals surface area (Å²) in [7, 11) is 0. The number of fused-ring (bicyclic) bond motifs is 3. The van der Waals surface area contributed by atoms with Crippen LogP contribution in [0.25, 0.3) is 45.5 Å².